The number of ether oxygens (including phenoxy) is 2. The summed E-state index contributed by atoms with van der Waals surface area (Å²) >= 11 is 0. The first kappa shape index (κ1) is 33.0. The van der Waals surface area contributed by atoms with E-state index in [0.29, 0.717) is 37.5 Å². The molecule has 0 aromatic heterocycles. The lowest BCUT2D eigenvalue weighted by Gasteiger charge is -2.37. The summed E-state index contributed by atoms with van der Waals surface area (Å²) in [7, 11) is 1.53. The third-order valence-electron chi connectivity index (χ3n) is 6.42. The largest absolute Gasteiger partial charge is 0.492 e. The highest BCUT2D eigenvalue weighted by Gasteiger charge is 2.30. The fraction of sp³-hybridized carbons (Fsp3) is 0.448. The Morgan fingerprint density at radius 1 is 1.07 bits per heavy atom. The van der Waals surface area contributed by atoms with Gasteiger partial charge in [-0.3, -0.25) is 14.4 Å². The zero-order valence-corrected chi connectivity index (χ0v) is 23.7. The van der Waals surface area contributed by atoms with Crippen LogP contribution in [0.5, 0.6) is 5.75 Å². The monoisotopic (exact) mass is 572 g/mol. The third-order valence-corrected chi connectivity index (χ3v) is 6.42. The average Bonchev–Trinajstić information content (AvgIpc) is 2.95. The van der Waals surface area contributed by atoms with Gasteiger partial charge >= 0.3 is 11.9 Å². The standard InChI is InChI=1S/C23H28N2O5.C6H12N2O3/c1-3-21-24-19-8-6-5-7-18(19)22(26)25(21)13-14-30-17-11-9-16(10-12-17)15-20(23(27)28)29-4-2;1-8-4(6(10)11)2-3-5(7)9/h5-12,20-21,24H,3-4,13-15H2,1-2H3,(H,27,28);4,8H,2-3H2,1H3,(H2,7,9)(H,10,11). The second kappa shape index (κ2) is 16.8. The number of likely N-dealkylation sites (N-methyl/N-ethyl adjacent to an activating group) is 1. The van der Waals surface area contributed by atoms with Crippen LogP contribution < -0.4 is 21.1 Å². The molecule has 0 saturated carbocycles. The van der Waals surface area contributed by atoms with Crippen LogP contribution >= 0.6 is 0 Å². The molecule has 0 spiro atoms. The molecule has 1 aliphatic rings. The van der Waals surface area contributed by atoms with Gasteiger partial charge in [0.25, 0.3) is 5.91 Å². The van der Waals surface area contributed by atoms with Crippen LogP contribution in [-0.2, 0) is 25.5 Å². The summed E-state index contributed by atoms with van der Waals surface area (Å²) in [5.41, 5.74) is 7.24. The Morgan fingerprint density at radius 3 is 2.32 bits per heavy atom. The van der Waals surface area contributed by atoms with Gasteiger partial charge in [-0.2, -0.15) is 0 Å². The maximum Gasteiger partial charge on any atom is 0.333 e. The number of carboxylic acid groups (broad SMARTS) is 2. The van der Waals surface area contributed by atoms with E-state index in [-0.39, 0.29) is 24.9 Å². The summed E-state index contributed by atoms with van der Waals surface area (Å²) in [5, 5.41) is 23.6. The smallest absolute Gasteiger partial charge is 0.333 e. The van der Waals surface area contributed by atoms with Gasteiger partial charge in [-0.1, -0.05) is 31.2 Å². The Balaban J connectivity index is 0.000000454. The lowest BCUT2D eigenvalue weighted by Crippen LogP contribution is -2.49. The Hall–Kier alpha value is -4.16. The number of nitrogens with one attached hydrogen (secondary N) is 2. The number of para-hydroxylation sites is 1. The minimum absolute atomic E-state index is 0.00536. The number of hydrogen-bond acceptors (Lipinski definition) is 8. The molecule has 3 atom stereocenters. The van der Waals surface area contributed by atoms with Gasteiger partial charge in [0.05, 0.1) is 12.1 Å². The molecule has 1 aliphatic heterocycles. The number of carbonyl (C=O) groups excluding carboxylic acids is 2. The lowest BCUT2D eigenvalue weighted by molar-refractivity contribution is -0.150. The van der Waals surface area contributed by atoms with Crippen LogP contribution in [0.3, 0.4) is 0 Å². The number of aliphatic carboxylic acids is 2. The van der Waals surface area contributed by atoms with E-state index in [0.717, 1.165) is 17.7 Å². The van der Waals surface area contributed by atoms with E-state index in [4.69, 9.17) is 20.3 Å². The Bertz CT molecular complexity index is 1160. The molecule has 2 aromatic carbocycles. The molecule has 3 rings (SSSR count). The number of rotatable bonds is 15. The summed E-state index contributed by atoms with van der Waals surface area (Å²) in [6.45, 7) is 4.99. The normalized spacial score (nSPS) is 15.4. The van der Waals surface area contributed by atoms with Crippen LogP contribution in [0.4, 0.5) is 5.69 Å². The van der Waals surface area contributed by atoms with Gasteiger partial charge in [0.2, 0.25) is 5.91 Å². The molecule has 12 nitrogen and oxygen atoms in total. The van der Waals surface area contributed by atoms with Crippen molar-refractivity contribution in [2.75, 3.05) is 32.1 Å². The van der Waals surface area contributed by atoms with Gasteiger partial charge in [-0.05, 0) is 56.6 Å². The maximum absolute atomic E-state index is 12.9. The molecular formula is C29H40N4O8. The average molecular weight is 573 g/mol. The van der Waals surface area contributed by atoms with E-state index in [1.165, 1.54) is 7.05 Å². The molecule has 3 unspecified atom stereocenters. The van der Waals surface area contributed by atoms with Crippen molar-refractivity contribution in [1.82, 2.24) is 10.2 Å². The summed E-state index contributed by atoms with van der Waals surface area (Å²) < 4.78 is 11.1. The Labute approximate surface area is 239 Å². The number of fused-ring (bicyclic) bond motifs is 1. The zero-order valence-electron chi connectivity index (χ0n) is 23.7. The fourth-order valence-electron chi connectivity index (χ4n) is 4.22. The van der Waals surface area contributed by atoms with Crippen molar-refractivity contribution in [3.63, 3.8) is 0 Å². The fourth-order valence-corrected chi connectivity index (χ4v) is 4.22. The quantitative estimate of drug-likeness (QED) is 0.212. The molecule has 0 aliphatic carbocycles. The van der Waals surface area contributed by atoms with Crippen LogP contribution in [0.15, 0.2) is 48.5 Å². The predicted molar refractivity (Wildman–Crippen MR) is 153 cm³/mol. The summed E-state index contributed by atoms with van der Waals surface area (Å²) in [4.78, 5) is 46.4. The molecule has 6 N–H and O–H groups in total. The minimum atomic E-state index is -0.968. The highest BCUT2D eigenvalue weighted by molar-refractivity contribution is 6.01. The zero-order chi connectivity index (χ0) is 30.4. The number of nitrogens with two attached hydrogens (primary N) is 1. The van der Waals surface area contributed by atoms with Crippen molar-refractivity contribution in [3.05, 3.63) is 59.7 Å². The van der Waals surface area contributed by atoms with E-state index in [2.05, 4.69) is 10.6 Å². The number of hydrogen-bond donors (Lipinski definition) is 5. The van der Waals surface area contributed by atoms with Crippen molar-refractivity contribution >= 4 is 29.4 Å². The first-order valence-corrected chi connectivity index (χ1v) is 13.5. The second-order valence-corrected chi connectivity index (χ2v) is 9.28. The summed E-state index contributed by atoms with van der Waals surface area (Å²) in [6, 6.07) is 14.1. The Morgan fingerprint density at radius 2 is 1.76 bits per heavy atom. The van der Waals surface area contributed by atoms with E-state index < -0.39 is 30.0 Å². The summed E-state index contributed by atoms with van der Waals surface area (Å²) in [6.07, 6.45) is 0.506. The van der Waals surface area contributed by atoms with Crippen LogP contribution in [0.1, 0.15) is 49.0 Å². The SMILES string of the molecule is CCOC(Cc1ccc(OCCN2C(=O)c3ccccc3NC2CC)cc1)C(=O)O.CNC(CCC(N)=O)C(=O)O. The van der Waals surface area contributed by atoms with Gasteiger partial charge in [-0.25, -0.2) is 4.79 Å². The molecule has 224 valence electrons. The lowest BCUT2D eigenvalue weighted by atomic mass is 10.1. The number of nitrogens with zero attached hydrogens (tertiary/aromatic N) is 1. The number of carbonyl (C=O) groups is 4. The van der Waals surface area contributed by atoms with Gasteiger partial charge in [0, 0.05) is 25.1 Å². The van der Waals surface area contributed by atoms with Crippen molar-refractivity contribution in [2.24, 2.45) is 5.73 Å². The first-order chi connectivity index (χ1) is 19.6. The number of amides is 2. The van der Waals surface area contributed by atoms with Gasteiger partial charge in [0.1, 0.15) is 24.6 Å². The number of anilines is 1. The topological polar surface area (TPSA) is 181 Å². The number of benzene rings is 2. The molecule has 0 radical (unpaired) electrons. The van der Waals surface area contributed by atoms with Crippen LogP contribution in [0, 0.1) is 0 Å². The van der Waals surface area contributed by atoms with Crippen molar-refractivity contribution in [1.29, 1.82) is 0 Å². The molecule has 1 heterocycles. The highest BCUT2D eigenvalue weighted by atomic mass is 16.5. The molecule has 2 aromatic rings. The summed E-state index contributed by atoms with van der Waals surface area (Å²) in [5.74, 6) is -1.73. The maximum atomic E-state index is 12.9. The van der Waals surface area contributed by atoms with E-state index in [1.807, 2.05) is 55.5 Å². The van der Waals surface area contributed by atoms with E-state index in [9.17, 15) is 24.3 Å². The molecule has 41 heavy (non-hydrogen) atoms. The predicted octanol–water partition coefficient (Wildman–Crippen LogP) is 2.33. The molecule has 0 saturated heterocycles. The minimum Gasteiger partial charge on any atom is -0.492 e. The number of carboxylic acids is 2. The molecule has 0 bridgehead atoms. The van der Waals surface area contributed by atoms with Gasteiger partial charge in [-0.15, -0.1) is 0 Å². The highest BCUT2D eigenvalue weighted by Crippen LogP contribution is 2.26. The van der Waals surface area contributed by atoms with Crippen molar-refractivity contribution < 1.29 is 38.9 Å². The first-order valence-electron chi connectivity index (χ1n) is 13.5. The Kier molecular flexibility index (Phi) is 13.6. The van der Waals surface area contributed by atoms with Gasteiger partial charge in [0.15, 0.2) is 6.10 Å². The van der Waals surface area contributed by atoms with Gasteiger partial charge < -0.3 is 41.0 Å². The molecule has 12 heteroatoms. The molecule has 0 fully saturated rings. The van der Waals surface area contributed by atoms with Crippen molar-refractivity contribution in [2.45, 2.75) is 57.8 Å². The van der Waals surface area contributed by atoms with E-state index >= 15 is 0 Å². The molecule has 2 amide bonds. The van der Waals surface area contributed by atoms with E-state index in [1.54, 1.807) is 11.8 Å². The third kappa shape index (κ3) is 10.4. The van der Waals surface area contributed by atoms with Crippen LogP contribution in [0.2, 0.25) is 0 Å². The van der Waals surface area contributed by atoms with Crippen molar-refractivity contribution in [3.8, 4) is 5.75 Å². The second-order valence-electron chi connectivity index (χ2n) is 9.28. The molecular weight excluding hydrogens is 532 g/mol. The number of primary amides is 1. The van der Waals surface area contributed by atoms with Crippen LogP contribution in [-0.4, -0.2) is 84.0 Å². The van der Waals surface area contributed by atoms with Crippen LogP contribution in [0.25, 0.3) is 0 Å².